The van der Waals surface area contributed by atoms with E-state index in [4.69, 9.17) is 16.7 Å². The number of nitrogens with zero attached hydrogens (tertiary/aromatic N) is 1. The Kier molecular flexibility index (Phi) is 4.53. The molecule has 0 saturated heterocycles. The second kappa shape index (κ2) is 6.18. The Balaban J connectivity index is 2.40. The maximum Gasteiger partial charge on any atom is 0.305 e. The molecule has 0 spiro atoms. The molecule has 2 aromatic rings. The number of carboxylic acid groups (broad SMARTS) is 1. The maximum atomic E-state index is 12.3. The summed E-state index contributed by atoms with van der Waals surface area (Å²) in [5.41, 5.74) is 2.35. The lowest BCUT2D eigenvalue weighted by atomic mass is 10.1. The summed E-state index contributed by atoms with van der Waals surface area (Å²) in [7, 11) is 0. The molecule has 6 heteroatoms. The molecule has 0 unspecified atom stereocenters. The van der Waals surface area contributed by atoms with Crippen LogP contribution in [0, 0.1) is 6.92 Å². The Morgan fingerprint density at radius 2 is 2.10 bits per heavy atom. The number of hydrogen-bond donors (Lipinski definition) is 2. The highest BCUT2D eigenvalue weighted by Gasteiger charge is 2.19. The van der Waals surface area contributed by atoms with Crippen molar-refractivity contribution in [2.24, 2.45) is 0 Å². The molecule has 0 radical (unpaired) electrons. The van der Waals surface area contributed by atoms with E-state index in [0.29, 0.717) is 17.3 Å². The first-order valence-corrected chi connectivity index (χ1v) is 7.11. The molecule has 1 aromatic carbocycles. The van der Waals surface area contributed by atoms with Crippen molar-refractivity contribution in [3.05, 3.63) is 34.5 Å². The summed E-state index contributed by atoms with van der Waals surface area (Å²) < 4.78 is 1.91. The Morgan fingerprint density at radius 3 is 2.71 bits per heavy atom. The van der Waals surface area contributed by atoms with Gasteiger partial charge in [-0.25, -0.2) is 0 Å². The number of benzene rings is 1. The number of nitrogens with one attached hydrogen (secondary N) is 1. The number of rotatable bonds is 5. The topological polar surface area (TPSA) is 71.3 Å². The molecule has 0 atom stereocenters. The van der Waals surface area contributed by atoms with E-state index in [1.807, 2.05) is 30.5 Å². The lowest BCUT2D eigenvalue weighted by Crippen LogP contribution is -2.28. The van der Waals surface area contributed by atoms with Crippen molar-refractivity contribution in [1.29, 1.82) is 0 Å². The van der Waals surface area contributed by atoms with Crippen LogP contribution in [0.4, 0.5) is 0 Å². The Hall–Kier alpha value is -2.01. The molecule has 1 heterocycles. The van der Waals surface area contributed by atoms with Crippen LogP contribution in [-0.4, -0.2) is 28.1 Å². The minimum Gasteiger partial charge on any atom is -0.481 e. The molecule has 0 saturated carbocycles. The molecule has 112 valence electrons. The fraction of sp³-hybridized carbons (Fsp3) is 0.333. The molecule has 0 aliphatic rings. The molecule has 0 aliphatic carbocycles. The Morgan fingerprint density at radius 1 is 1.38 bits per heavy atom. The Bertz CT molecular complexity index is 706. The van der Waals surface area contributed by atoms with Crippen molar-refractivity contribution in [2.75, 3.05) is 6.54 Å². The molecule has 2 rings (SSSR count). The molecular weight excluding hydrogens is 292 g/mol. The fourth-order valence-electron chi connectivity index (χ4n) is 2.48. The quantitative estimate of drug-likeness (QED) is 0.892. The van der Waals surface area contributed by atoms with Crippen LogP contribution in [0.3, 0.4) is 0 Å². The van der Waals surface area contributed by atoms with E-state index in [9.17, 15) is 9.59 Å². The van der Waals surface area contributed by atoms with Crippen LogP contribution in [0.15, 0.2) is 18.2 Å². The highest BCUT2D eigenvalue weighted by Crippen LogP contribution is 2.28. The van der Waals surface area contributed by atoms with Gasteiger partial charge in [0.1, 0.15) is 5.69 Å². The zero-order valence-corrected chi connectivity index (χ0v) is 12.7. The van der Waals surface area contributed by atoms with E-state index < -0.39 is 5.97 Å². The second-order valence-corrected chi connectivity index (χ2v) is 5.22. The van der Waals surface area contributed by atoms with Crippen LogP contribution in [0.1, 0.15) is 29.4 Å². The van der Waals surface area contributed by atoms with Gasteiger partial charge in [-0.1, -0.05) is 11.6 Å². The number of aryl methyl sites for hydroxylation is 2. The first-order valence-electron chi connectivity index (χ1n) is 6.74. The number of fused-ring (bicyclic) bond motifs is 1. The average Bonchev–Trinajstić information content (AvgIpc) is 2.70. The highest BCUT2D eigenvalue weighted by molar-refractivity contribution is 6.31. The molecule has 0 aliphatic heterocycles. The third-order valence-electron chi connectivity index (χ3n) is 3.43. The fourth-order valence-corrected chi connectivity index (χ4v) is 2.65. The molecular formula is C15H17ClN2O3. The first-order chi connectivity index (χ1) is 9.95. The summed E-state index contributed by atoms with van der Waals surface area (Å²) in [6, 6.07) is 5.52. The van der Waals surface area contributed by atoms with Crippen LogP contribution in [0.5, 0.6) is 0 Å². The van der Waals surface area contributed by atoms with E-state index in [2.05, 4.69) is 5.32 Å². The lowest BCUT2D eigenvalue weighted by Gasteiger charge is -2.09. The molecule has 1 amide bonds. The van der Waals surface area contributed by atoms with Crippen molar-refractivity contribution in [3.63, 3.8) is 0 Å². The van der Waals surface area contributed by atoms with Crippen molar-refractivity contribution >= 4 is 34.4 Å². The van der Waals surface area contributed by atoms with Crippen LogP contribution >= 0.6 is 11.6 Å². The van der Waals surface area contributed by atoms with Gasteiger partial charge in [-0.15, -0.1) is 0 Å². The monoisotopic (exact) mass is 308 g/mol. The molecule has 0 fully saturated rings. The third-order valence-corrected chi connectivity index (χ3v) is 3.67. The van der Waals surface area contributed by atoms with Gasteiger partial charge in [-0.3, -0.25) is 9.59 Å². The van der Waals surface area contributed by atoms with Crippen molar-refractivity contribution in [2.45, 2.75) is 26.8 Å². The van der Waals surface area contributed by atoms with E-state index in [-0.39, 0.29) is 18.9 Å². The van der Waals surface area contributed by atoms with Gasteiger partial charge in [-0.2, -0.15) is 0 Å². The van der Waals surface area contributed by atoms with Crippen molar-refractivity contribution in [3.8, 4) is 0 Å². The van der Waals surface area contributed by atoms with Crippen molar-refractivity contribution in [1.82, 2.24) is 9.88 Å². The van der Waals surface area contributed by atoms with E-state index >= 15 is 0 Å². The van der Waals surface area contributed by atoms with Gasteiger partial charge in [0.25, 0.3) is 5.91 Å². The second-order valence-electron chi connectivity index (χ2n) is 4.78. The van der Waals surface area contributed by atoms with E-state index in [0.717, 1.165) is 16.5 Å². The summed E-state index contributed by atoms with van der Waals surface area (Å²) in [4.78, 5) is 22.8. The van der Waals surface area contributed by atoms with Gasteiger partial charge in [0.05, 0.1) is 6.42 Å². The summed E-state index contributed by atoms with van der Waals surface area (Å²) in [5, 5.41) is 12.8. The predicted molar refractivity (Wildman–Crippen MR) is 81.9 cm³/mol. The van der Waals surface area contributed by atoms with E-state index in [1.54, 1.807) is 6.07 Å². The minimum absolute atomic E-state index is 0.0943. The summed E-state index contributed by atoms with van der Waals surface area (Å²) in [6.07, 6.45) is -0.0943. The molecule has 5 nitrogen and oxygen atoms in total. The zero-order chi connectivity index (χ0) is 15.6. The zero-order valence-electron chi connectivity index (χ0n) is 11.9. The number of amides is 1. The smallest absolute Gasteiger partial charge is 0.305 e. The number of carbonyl (C=O) groups is 2. The summed E-state index contributed by atoms with van der Waals surface area (Å²) in [5.74, 6) is -1.20. The summed E-state index contributed by atoms with van der Waals surface area (Å²) >= 11 is 6.02. The normalized spacial score (nSPS) is 10.8. The Labute approximate surface area is 127 Å². The van der Waals surface area contributed by atoms with Crippen LogP contribution < -0.4 is 5.32 Å². The number of carboxylic acids is 1. The number of carbonyl (C=O) groups excluding carboxylic acids is 1. The predicted octanol–water partition coefficient (Wildman–Crippen LogP) is 2.83. The number of hydrogen-bond acceptors (Lipinski definition) is 2. The number of aliphatic carboxylic acids is 1. The van der Waals surface area contributed by atoms with Gasteiger partial charge in [0, 0.05) is 29.0 Å². The van der Waals surface area contributed by atoms with Gasteiger partial charge in [-0.05, 0) is 37.6 Å². The van der Waals surface area contributed by atoms with E-state index in [1.165, 1.54) is 0 Å². The van der Waals surface area contributed by atoms with Gasteiger partial charge in [0.2, 0.25) is 0 Å². The molecule has 0 bridgehead atoms. The third kappa shape index (κ3) is 3.03. The molecule has 1 aromatic heterocycles. The average molecular weight is 309 g/mol. The van der Waals surface area contributed by atoms with Crippen LogP contribution in [0.25, 0.3) is 10.9 Å². The molecule has 2 N–H and O–H groups in total. The lowest BCUT2D eigenvalue weighted by molar-refractivity contribution is -0.136. The van der Waals surface area contributed by atoms with Crippen LogP contribution in [0.2, 0.25) is 5.02 Å². The number of aromatic nitrogens is 1. The maximum absolute atomic E-state index is 12.3. The largest absolute Gasteiger partial charge is 0.481 e. The SMILES string of the molecule is CCn1c(C(=O)NCCC(=O)O)c(C)c2cc(Cl)ccc21. The van der Waals surface area contributed by atoms with Gasteiger partial charge in [0.15, 0.2) is 0 Å². The summed E-state index contributed by atoms with van der Waals surface area (Å²) in [6.45, 7) is 4.59. The highest BCUT2D eigenvalue weighted by atomic mass is 35.5. The van der Waals surface area contributed by atoms with Crippen molar-refractivity contribution < 1.29 is 14.7 Å². The minimum atomic E-state index is -0.935. The molecule has 21 heavy (non-hydrogen) atoms. The van der Waals surface area contributed by atoms with Gasteiger partial charge >= 0.3 is 5.97 Å². The van der Waals surface area contributed by atoms with Gasteiger partial charge < -0.3 is 15.0 Å². The standard InChI is InChI=1S/C15H17ClN2O3/c1-3-18-12-5-4-10(16)8-11(12)9(2)14(18)15(21)17-7-6-13(19)20/h4-5,8H,3,6-7H2,1-2H3,(H,17,21)(H,19,20). The first kappa shape index (κ1) is 15.4. The number of halogens is 1. The van der Waals surface area contributed by atoms with Crippen LogP contribution in [-0.2, 0) is 11.3 Å².